The Kier molecular flexibility index (Phi) is 8.39. The minimum atomic E-state index is -1.05. The molecule has 2 rings (SSSR count). The molecule has 0 aliphatic heterocycles. The average Bonchev–Trinajstić information content (AvgIpc) is 2.75. The van der Waals surface area contributed by atoms with E-state index < -0.39 is 24.1 Å². The van der Waals surface area contributed by atoms with Crippen molar-refractivity contribution >= 4 is 29.3 Å². The van der Waals surface area contributed by atoms with Crippen molar-refractivity contribution in [3.63, 3.8) is 0 Å². The van der Waals surface area contributed by atoms with Gasteiger partial charge in [-0.2, -0.15) is 5.26 Å². The van der Waals surface area contributed by atoms with Crippen LogP contribution in [0.4, 0.5) is 16.2 Å². The molecule has 8 nitrogen and oxygen atoms in total. The first kappa shape index (κ1) is 22.4. The van der Waals surface area contributed by atoms with E-state index in [1.54, 1.807) is 31.2 Å². The summed E-state index contributed by atoms with van der Waals surface area (Å²) in [7, 11) is 0. The summed E-state index contributed by atoms with van der Waals surface area (Å²) in [4.78, 5) is 38.1. The molecular weight excluding hydrogens is 386 g/mol. The quantitative estimate of drug-likeness (QED) is 0.665. The van der Waals surface area contributed by atoms with E-state index in [-0.39, 0.29) is 25.1 Å². The monoisotopic (exact) mass is 409 g/mol. The Hall–Kier alpha value is -3.86. The summed E-state index contributed by atoms with van der Waals surface area (Å²) >= 11 is 0. The lowest BCUT2D eigenvalue weighted by Crippen LogP contribution is -2.40. The Balaban J connectivity index is 2.03. The summed E-state index contributed by atoms with van der Waals surface area (Å²) in [5.41, 5.74) is 1.31. The second kappa shape index (κ2) is 11.2. The van der Waals surface area contributed by atoms with E-state index in [1.807, 2.05) is 12.1 Å². The molecule has 0 aliphatic rings. The van der Waals surface area contributed by atoms with Crippen LogP contribution in [-0.4, -0.2) is 37.2 Å². The molecule has 0 saturated heterocycles. The zero-order valence-electron chi connectivity index (χ0n) is 16.8. The van der Waals surface area contributed by atoms with Crippen LogP contribution in [0.1, 0.15) is 30.6 Å². The third-order valence-electron chi connectivity index (χ3n) is 4.06. The number of hydrogen-bond acceptors (Lipinski definition) is 6. The van der Waals surface area contributed by atoms with E-state index in [0.29, 0.717) is 11.4 Å². The predicted octanol–water partition coefficient (Wildman–Crippen LogP) is 3.75. The van der Waals surface area contributed by atoms with Gasteiger partial charge in [0.1, 0.15) is 0 Å². The first-order valence-electron chi connectivity index (χ1n) is 9.44. The number of nitriles is 1. The number of ether oxygens (including phenoxy) is 2. The molecule has 2 aromatic rings. The zero-order chi connectivity index (χ0) is 21.9. The molecule has 0 heterocycles. The highest BCUT2D eigenvalue weighted by molar-refractivity contribution is 5.99. The normalized spacial score (nSPS) is 11.0. The highest BCUT2D eigenvalue weighted by Crippen LogP contribution is 2.17. The molecule has 1 unspecified atom stereocenters. The molecule has 1 N–H and O–H groups in total. The van der Waals surface area contributed by atoms with Crippen molar-refractivity contribution in [1.82, 2.24) is 0 Å². The maximum absolute atomic E-state index is 12.8. The molecular formula is C22H23N3O5. The number of amides is 2. The molecule has 156 valence electrons. The Morgan fingerprint density at radius 1 is 1.10 bits per heavy atom. The summed E-state index contributed by atoms with van der Waals surface area (Å²) < 4.78 is 10.1. The van der Waals surface area contributed by atoms with Gasteiger partial charge < -0.3 is 14.4 Å². The number of esters is 1. The zero-order valence-corrected chi connectivity index (χ0v) is 16.8. The van der Waals surface area contributed by atoms with Gasteiger partial charge in [0.15, 0.2) is 6.10 Å². The van der Waals surface area contributed by atoms with Crippen LogP contribution >= 0.6 is 0 Å². The second-order valence-electron chi connectivity index (χ2n) is 6.20. The van der Waals surface area contributed by atoms with Gasteiger partial charge >= 0.3 is 12.1 Å². The topological polar surface area (TPSA) is 109 Å². The molecule has 0 saturated carbocycles. The number of nitrogens with zero attached hydrogens (tertiary/aromatic N) is 2. The van der Waals surface area contributed by atoms with Crippen molar-refractivity contribution in [2.75, 3.05) is 23.4 Å². The van der Waals surface area contributed by atoms with Crippen LogP contribution in [0, 0.1) is 11.3 Å². The minimum absolute atomic E-state index is 0.149. The van der Waals surface area contributed by atoms with Crippen LogP contribution in [0.25, 0.3) is 0 Å². The van der Waals surface area contributed by atoms with Crippen LogP contribution < -0.4 is 10.2 Å². The smallest absolute Gasteiger partial charge is 0.411 e. The summed E-state index contributed by atoms with van der Waals surface area (Å²) in [6, 6.07) is 16.9. The van der Waals surface area contributed by atoms with E-state index >= 15 is 0 Å². The third kappa shape index (κ3) is 6.34. The Morgan fingerprint density at radius 2 is 1.77 bits per heavy atom. The Morgan fingerprint density at radius 3 is 2.37 bits per heavy atom. The molecule has 0 aliphatic carbocycles. The Bertz CT molecular complexity index is 907. The summed E-state index contributed by atoms with van der Waals surface area (Å²) in [5.74, 6) is -1.10. The fourth-order valence-electron chi connectivity index (χ4n) is 2.61. The molecule has 0 bridgehead atoms. The molecule has 1 atom stereocenters. The number of benzene rings is 2. The van der Waals surface area contributed by atoms with Gasteiger partial charge in [-0.05, 0) is 50.2 Å². The van der Waals surface area contributed by atoms with Crippen LogP contribution in [0.15, 0.2) is 54.6 Å². The van der Waals surface area contributed by atoms with Crippen molar-refractivity contribution in [2.24, 2.45) is 0 Å². The maximum Gasteiger partial charge on any atom is 0.411 e. The van der Waals surface area contributed by atoms with Gasteiger partial charge in [0.25, 0.3) is 5.91 Å². The molecule has 0 fully saturated rings. The minimum Gasteiger partial charge on any atom is -0.450 e. The summed E-state index contributed by atoms with van der Waals surface area (Å²) in [5, 5.41) is 11.4. The van der Waals surface area contributed by atoms with Crippen molar-refractivity contribution in [3.05, 3.63) is 60.2 Å². The van der Waals surface area contributed by atoms with E-state index in [1.165, 1.54) is 36.1 Å². The average molecular weight is 409 g/mol. The molecule has 2 amide bonds. The van der Waals surface area contributed by atoms with Crippen LogP contribution in [0.3, 0.4) is 0 Å². The van der Waals surface area contributed by atoms with Gasteiger partial charge in [-0.3, -0.25) is 10.1 Å². The van der Waals surface area contributed by atoms with Crippen molar-refractivity contribution in [1.29, 1.82) is 5.26 Å². The number of carbonyl (C=O) groups is 3. The van der Waals surface area contributed by atoms with Gasteiger partial charge in [0, 0.05) is 17.9 Å². The number of nitrogens with one attached hydrogen (secondary N) is 1. The number of hydrogen-bond donors (Lipinski definition) is 1. The van der Waals surface area contributed by atoms with E-state index in [2.05, 4.69) is 5.32 Å². The van der Waals surface area contributed by atoms with E-state index in [9.17, 15) is 14.4 Å². The van der Waals surface area contributed by atoms with Crippen molar-refractivity contribution in [2.45, 2.75) is 26.4 Å². The standard InChI is InChI=1S/C22H23N3O5/c1-3-29-22(28)24-18-12-10-17(11-13-18)21(27)30-16(2)20(26)25(15-7-14-23)19-8-5-4-6-9-19/h4-6,8-13,16H,3,7,15H2,1-2H3,(H,24,28). The largest absolute Gasteiger partial charge is 0.450 e. The van der Waals surface area contributed by atoms with Gasteiger partial charge in [0.05, 0.1) is 24.7 Å². The SMILES string of the molecule is CCOC(=O)Nc1ccc(C(=O)OC(C)C(=O)N(CCC#N)c2ccccc2)cc1. The lowest BCUT2D eigenvalue weighted by Gasteiger charge is -2.25. The highest BCUT2D eigenvalue weighted by Gasteiger charge is 2.25. The van der Waals surface area contributed by atoms with Crippen LogP contribution in [0.2, 0.25) is 0 Å². The molecule has 2 aromatic carbocycles. The predicted molar refractivity (Wildman–Crippen MR) is 111 cm³/mol. The van der Waals surface area contributed by atoms with Gasteiger partial charge in [-0.1, -0.05) is 18.2 Å². The Labute approximate surface area is 175 Å². The van der Waals surface area contributed by atoms with Crippen LogP contribution in [0.5, 0.6) is 0 Å². The third-order valence-corrected chi connectivity index (χ3v) is 4.06. The first-order valence-corrected chi connectivity index (χ1v) is 9.44. The van der Waals surface area contributed by atoms with Crippen molar-refractivity contribution in [3.8, 4) is 6.07 Å². The maximum atomic E-state index is 12.8. The molecule has 0 aromatic heterocycles. The van der Waals surface area contributed by atoms with E-state index in [4.69, 9.17) is 14.7 Å². The second-order valence-corrected chi connectivity index (χ2v) is 6.20. The lowest BCUT2D eigenvalue weighted by molar-refractivity contribution is -0.126. The van der Waals surface area contributed by atoms with Gasteiger partial charge in [-0.25, -0.2) is 9.59 Å². The molecule has 30 heavy (non-hydrogen) atoms. The number of carbonyl (C=O) groups excluding carboxylic acids is 3. The fourth-order valence-corrected chi connectivity index (χ4v) is 2.61. The van der Waals surface area contributed by atoms with E-state index in [0.717, 1.165) is 0 Å². The van der Waals surface area contributed by atoms with Crippen LogP contribution in [-0.2, 0) is 14.3 Å². The number of anilines is 2. The fraction of sp³-hybridized carbons (Fsp3) is 0.273. The van der Waals surface area contributed by atoms with Gasteiger partial charge in [0.2, 0.25) is 0 Å². The molecule has 0 spiro atoms. The number of para-hydroxylation sites is 1. The highest BCUT2D eigenvalue weighted by atomic mass is 16.6. The first-order chi connectivity index (χ1) is 14.5. The van der Waals surface area contributed by atoms with Gasteiger partial charge in [-0.15, -0.1) is 0 Å². The lowest BCUT2D eigenvalue weighted by atomic mass is 10.2. The van der Waals surface area contributed by atoms with Crippen molar-refractivity contribution < 1.29 is 23.9 Å². The summed E-state index contributed by atoms with van der Waals surface area (Å²) in [6.07, 6.45) is -1.49. The molecule has 8 heteroatoms. The summed E-state index contributed by atoms with van der Waals surface area (Å²) in [6.45, 7) is 3.62. The number of rotatable bonds is 8. The molecule has 0 radical (unpaired) electrons.